The molecule has 1 amide bonds. The maximum Gasteiger partial charge on any atom is 0.338 e. The predicted octanol–water partition coefficient (Wildman–Crippen LogP) is 1.80. The fourth-order valence-electron chi connectivity index (χ4n) is 2.79. The van der Waals surface area contributed by atoms with E-state index in [1.165, 1.54) is 0 Å². The third kappa shape index (κ3) is 4.78. The zero-order valence-corrected chi connectivity index (χ0v) is 14.6. The van der Waals surface area contributed by atoms with Crippen molar-refractivity contribution in [1.82, 2.24) is 4.90 Å². The highest BCUT2D eigenvalue weighted by atomic mass is 16.6. The molecule has 140 valence electrons. The summed E-state index contributed by atoms with van der Waals surface area (Å²) in [6.07, 6.45) is 1.95. The minimum absolute atomic E-state index is 0.148. The fourth-order valence-corrected chi connectivity index (χ4v) is 2.79. The summed E-state index contributed by atoms with van der Waals surface area (Å²) in [5, 5.41) is 11.0. The summed E-state index contributed by atoms with van der Waals surface area (Å²) in [4.78, 5) is 47.8. The maximum absolute atomic E-state index is 12.2. The number of carbonyl (C=O) groups excluding carboxylic acids is 3. The second kappa shape index (κ2) is 8.41. The van der Waals surface area contributed by atoms with E-state index in [1.54, 1.807) is 4.90 Å². The summed E-state index contributed by atoms with van der Waals surface area (Å²) in [5.74, 6) is -1.66. The number of ether oxygens (including phenoxy) is 2. The lowest BCUT2D eigenvalue weighted by Crippen LogP contribution is -2.41. The van der Waals surface area contributed by atoms with Gasteiger partial charge in [-0.25, -0.2) is 9.59 Å². The molecule has 1 aromatic carbocycles. The van der Waals surface area contributed by atoms with Crippen LogP contribution in [0.5, 0.6) is 0 Å². The van der Waals surface area contributed by atoms with Crippen molar-refractivity contribution in [2.45, 2.75) is 19.8 Å². The number of methoxy groups -OCH3 is 1. The fraction of sp³-hybridized carbons (Fsp3) is 0.471. The largest absolute Gasteiger partial charge is 0.465 e. The second-order valence-corrected chi connectivity index (χ2v) is 6.18. The van der Waals surface area contributed by atoms with Crippen molar-refractivity contribution >= 4 is 23.5 Å². The van der Waals surface area contributed by atoms with Gasteiger partial charge in [0.1, 0.15) is 0 Å². The van der Waals surface area contributed by atoms with E-state index in [-0.39, 0.29) is 17.0 Å². The Bertz CT molecular complexity index is 732. The van der Waals surface area contributed by atoms with Gasteiger partial charge in [-0.15, -0.1) is 0 Å². The number of non-ortho nitro benzene ring substituents is 1. The number of likely N-dealkylation sites (tertiary alicyclic amines) is 1. The van der Waals surface area contributed by atoms with E-state index < -0.39 is 29.2 Å². The smallest absolute Gasteiger partial charge is 0.338 e. The molecule has 0 spiro atoms. The zero-order valence-electron chi connectivity index (χ0n) is 14.6. The zero-order chi connectivity index (χ0) is 19.3. The molecular formula is C17H20N2O7. The lowest BCUT2D eigenvalue weighted by atomic mass is 10.0. The number of hydrogen-bond acceptors (Lipinski definition) is 7. The SMILES string of the molecule is COC(=O)c1cc(C(=O)OCC(=O)N2CCC[C@H](C)C2)cc([N+](=O)[O-])c1. The molecule has 0 bridgehead atoms. The number of carbonyl (C=O) groups is 3. The molecular weight excluding hydrogens is 344 g/mol. The molecule has 1 fully saturated rings. The molecule has 1 aliphatic heterocycles. The summed E-state index contributed by atoms with van der Waals surface area (Å²) < 4.78 is 9.50. The first-order chi connectivity index (χ1) is 12.3. The van der Waals surface area contributed by atoms with Gasteiger partial charge >= 0.3 is 11.9 Å². The van der Waals surface area contributed by atoms with Crippen molar-refractivity contribution in [2.75, 3.05) is 26.8 Å². The van der Waals surface area contributed by atoms with Gasteiger partial charge in [0, 0.05) is 25.2 Å². The Morgan fingerprint density at radius 2 is 1.88 bits per heavy atom. The Morgan fingerprint density at radius 3 is 2.46 bits per heavy atom. The van der Waals surface area contributed by atoms with Crippen LogP contribution in [0.4, 0.5) is 5.69 Å². The standard InChI is InChI=1S/C17H20N2O7/c1-11-4-3-5-18(9-11)15(20)10-26-17(22)13-6-12(16(21)25-2)7-14(8-13)19(23)24/h6-8,11H,3-5,9-10H2,1-2H3/t11-/m0/s1. The molecule has 0 radical (unpaired) electrons. The highest BCUT2D eigenvalue weighted by Gasteiger charge is 2.23. The van der Waals surface area contributed by atoms with Crippen LogP contribution in [0.25, 0.3) is 0 Å². The van der Waals surface area contributed by atoms with Gasteiger partial charge in [-0.05, 0) is 24.8 Å². The Hall–Kier alpha value is -2.97. The van der Waals surface area contributed by atoms with Crippen LogP contribution in [-0.2, 0) is 14.3 Å². The molecule has 26 heavy (non-hydrogen) atoms. The average Bonchev–Trinajstić information content (AvgIpc) is 2.64. The molecule has 1 aliphatic rings. The van der Waals surface area contributed by atoms with Crippen molar-refractivity contribution in [3.05, 3.63) is 39.4 Å². The highest BCUT2D eigenvalue weighted by molar-refractivity contribution is 5.97. The number of amides is 1. The molecule has 0 aliphatic carbocycles. The Kier molecular flexibility index (Phi) is 6.26. The molecule has 9 heteroatoms. The van der Waals surface area contributed by atoms with Gasteiger partial charge in [-0.3, -0.25) is 14.9 Å². The molecule has 9 nitrogen and oxygen atoms in total. The van der Waals surface area contributed by atoms with Gasteiger partial charge in [-0.1, -0.05) is 6.92 Å². The number of esters is 2. The molecule has 2 rings (SSSR count). The average molecular weight is 364 g/mol. The normalized spacial score (nSPS) is 16.7. The summed E-state index contributed by atoms with van der Waals surface area (Å²) in [6.45, 7) is 2.81. The Morgan fingerprint density at radius 1 is 1.23 bits per heavy atom. The van der Waals surface area contributed by atoms with Crippen LogP contribution >= 0.6 is 0 Å². The number of piperidine rings is 1. The van der Waals surface area contributed by atoms with Gasteiger partial charge in [0.05, 0.1) is 23.2 Å². The topological polar surface area (TPSA) is 116 Å². The molecule has 1 aromatic rings. The van der Waals surface area contributed by atoms with Crippen molar-refractivity contribution in [1.29, 1.82) is 0 Å². The molecule has 0 aromatic heterocycles. The van der Waals surface area contributed by atoms with Crippen molar-refractivity contribution in [2.24, 2.45) is 5.92 Å². The summed E-state index contributed by atoms with van der Waals surface area (Å²) >= 11 is 0. The van der Waals surface area contributed by atoms with Crippen LogP contribution in [0.3, 0.4) is 0 Å². The molecule has 1 saturated heterocycles. The van der Waals surface area contributed by atoms with E-state index in [0.717, 1.165) is 38.2 Å². The van der Waals surface area contributed by atoms with Crippen LogP contribution < -0.4 is 0 Å². The third-order valence-corrected chi connectivity index (χ3v) is 4.12. The van der Waals surface area contributed by atoms with Crippen molar-refractivity contribution in [3.63, 3.8) is 0 Å². The van der Waals surface area contributed by atoms with E-state index in [0.29, 0.717) is 19.0 Å². The van der Waals surface area contributed by atoms with E-state index in [9.17, 15) is 24.5 Å². The first-order valence-electron chi connectivity index (χ1n) is 8.14. The monoisotopic (exact) mass is 364 g/mol. The number of benzene rings is 1. The predicted molar refractivity (Wildman–Crippen MR) is 89.7 cm³/mol. The molecule has 1 heterocycles. The minimum atomic E-state index is -0.919. The molecule has 0 N–H and O–H groups in total. The second-order valence-electron chi connectivity index (χ2n) is 6.18. The lowest BCUT2D eigenvalue weighted by molar-refractivity contribution is -0.384. The van der Waals surface area contributed by atoms with Gasteiger partial charge in [-0.2, -0.15) is 0 Å². The van der Waals surface area contributed by atoms with E-state index in [2.05, 4.69) is 4.74 Å². The van der Waals surface area contributed by atoms with E-state index in [4.69, 9.17) is 4.74 Å². The molecule has 1 atom stereocenters. The summed E-state index contributed by atoms with van der Waals surface area (Å²) in [7, 11) is 1.12. The lowest BCUT2D eigenvalue weighted by Gasteiger charge is -2.30. The Labute approximate surface area is 150 Å². The number of nitro groups is 1. The Balaban J connectivity index is 2.08. The number of nitrogens with zero attached hydrogens (tertiary/aromatic N) is 2. The highest BCUT2D eigenvalue weighted by Crippen LogP contribution is 2.19. The minimum Gasteiger partial charge on any atom is -0.465 e. The van der Waals surface area contributed by atoms with Crippen LogP contribution in [0.1, 0.15) is 40.5 Å². The van der Waals surface area contributed by atoms with Crippen molar-refractivity contribution in [3.8, 4) is 0 Å². The van der Waals surface area contributed by atoms with Gasteiger partial charge < -0.3 is 14.4 Å². The van der Waals surface area contributed by atoms with E-state index >= 15 is 0 Å². The van der Waals surface area contributed by atoms with Crippen LogP contribution in [0.15, 0.2) is 18.2 Å². The molecule has 0 unspecified atom stereocenters. The maximum atomic E-state index is 12.2. The van der Waals surface area contributed by atoms with Crippen LogP contribution in [0, 0.1) is 16.0 Å². The summed E-state index contributed by atoms with van der Waals surface area (Å²) in [5.41, 5.74) is -0.791. The van der Waals surface area contributed by atoms with Gasteiger partial charge in [0.15, 0.2) is 6.61 Å². The van der Waals surface area contributed by atoms with Gasteiger partial charge in [0.25, 0.3) is 11.6 Å². The quantitative estimate of drug-likeness (QED) is 0.444. The number of hydrogen-bond donors (Lipinski definition) is 0. The van der Waals surface area contributed by atoms with Crippen molar-refractivity contribution < 1.29 is 28.8 Å². The van der Waals surface area contributed by atoms with Gasteiger partial charge in [0.2, 0.25) is 0 Å². The number of nitro benzene ring substituents is 1. The first kappa shape index (κ1) is 19.4. The summed E-state index contributed by atoms with van der Waals surface area (Å²) in [6, 6.07) is 3.12. The molecule has 0 saturated carbocycles. The van der Waals surface area contributed by atoms with Crippen LogP contribution in [0.2, 0.25) is 0 Å². The van der Waals surface area contributed by atoms with Crippen LogP contribution in [-0.4, -0.2) is 54.5 Å². The number of rotatable bonds is 5. The first-order valence-corrected chi connectivity index (χ1v) is 8.14. The third-order valence-electron chi connectivity index (χ3n) is 4.12. The van der Waals surface area contributed by atoms with E-state index in [1.807, 2.05) is 6.92 Å².